The van der Waals surface area contributed by atoms with Crippen molar-refractivity contribution in [3.05, 3.63) is 95.0 Å². The summed E-state index contributed by atoms with van der Waals surface area (Å²) in [4.78, 5) is 17.5. The van der Waals surface area contributed by atoms with Gasteiger partial charge in [0.05, 0.1) is 16.3 Å². The van der Waals surface area contributed by atoms with Gasteiger partial charge in [-0.25, -0.2) is 0 Å². The molecule has 8 heteroatoms. The Morgan fingerprint density at radius 3 is 2.21 bits per heavy atom. The van der Waals surface area contributed by atoms with Crippen LogP contribution in [0, 0.1) is 0 Å². The third kappa shape index (κ3) is 5.49. The number of carbonyl (C=O) groups excluding carboxylic acids is 1. The number of piperazine rings is 1. The fourth-order valence-electron chi connectivity index (χ4n) is 4.08. The van der Waals surface area contributed by atoms with Gasteiger partial charge in [-0.05, 0) is 35.9 Å². The topological polar surface area (TPSA) is 35.6 Å². The van der Waals surface area contributed by atoms with Crippen molar-refractivity contribution in [2.24, 2.45) is 0 Å². The van der Waals surface area contributed by atoms with Gasteiger partial charge in [-0.1, -0.05) is 60.1 Å². The number of carbonyl (C=O) groups is 1. The molecule has 3 aromatic carbocycles. The van der Waals surface area contributed by atoms with E-state index in [1.807, 2.05) is 59.5 Å². The third-order valence-corrected chi connectivity index (χ3v) is 6.01. The number of nitrogens with one attached hydrogen (secondary N) is 1. The van der Waals surface area contributed by atoms with Gasteiger partial charge in [-0.2, -0.15) is 13.2 Å². The Hall–Kier alpha value is -3.03. The monoisotopic (exact) mass is 473 g/mol. The maximum atomic E-state index is 13.3. The molecule has 1 aliphatic heterocycles. The van der Waals surface area contributed by atoms with Gasteiger partial charge < -0.3 is 10.2 Å². The van der Waals surface area contributed by atoms with Crippen LogP contribution in [0.4, 0.5) is 24.5 Å². The predicted molar refractivity (Wildman–Crippen MR) is 124 cm³/mol. The van der Waals surface area contributed by atoms with E-state index in [0.29, 0.717) is 31.2 Å². The van der Waals surface area contributed by atoms with E-state index in [9.17, 15) is 18.0 Å². The van der Waals surface area contributed by atoms with Gasteiger partial charge in [0, 0.05) is 31.9 Å². The summed E-state index contributed by atoms with van der Waals surface area (Å²) in [7, 11) is 0. The Balaban J connectivity index is 1.53. The molecule has 1 saturated heterocycles. The molecule has 172 valence electrons. The molecule has 0 radical (unpaired) electrons. The molecule has 0 aliphatic carbocycles. The minimum absolute atomic E-state index is 0.116. The fourth-order valence-corrected chi connectivity index (χ4v) is 4.33. The van der Waals surface area contributed by atoms with Gasteiger partial charge in [-0.15, -0.1) is 0 Å². The Labute approximate surface area is 195 Å². The van der Waals surface area contributed by atoms with E-state index in [4.69, 9.17) is 11.6 Å². The largest absolute Gasteiger partial charge is 0.416 e. The molecule has 0 spiro atoms. The van der Waals surface area contributed by atoms with Crippen LogP contribution >= 0.6 is 11.6 Å². The summed E-state index contributed by atoms with van der Waals surface area (Å²) >= 11 is 6.34. The van der Waals surface area contributed by atoms with Gasteiger partial charge >= 0.3 is 6.18 Å². The van der Waals surface area contributed by atoms with E-state index in [-0.39, 0.29) is 11.6 Å². The van der Waals surface area contributed by atoms with Crippen LogP contribution in [0.25, 0.3) is 0 Å². The van der Waals surface area contributed by atoms with Crippen LogP contribution in [-0.2, 0) is 11.0 Å². The first kappa shape index (κ1) is 23.1. The summed E-state index contributed by atoms with van der Waals surface area (Å²) in [6.07, 6.45) is -4.48. The maximum absolute atomic E-state index is 13.3. The lowest BCUT2D eigenvalue weighted by atomic mass is 10.0. The number of para-hydroxylation sites is 1. The Morgan fingerprint density at radius 1 is 0.879 bits per heavy atom. The smallest absolute Gasteiger partial charge is 0.368 e. The molecule has 1 heterocycles. The molecule has 33 heavy (non-hydrogen) atoms. The second kappa shape index (κ2) is 9.85. The minimum atomic E-state index is -4.48. The summed E-state index contributed by atoms with van der Waals surface area (Å²) < 4.78 is 39.3. The fraction of sp³-hybridized carbons (Fsp3) is 0.240. The molecule has 0 bridgehead atoms. The maximum Gasteiger partial charge on any atom is 0.416 e. The second-order valence-corrected chi connectivity index (χ2v) is 8.26. The number of alkyl halides is 3. The van der Waals surface area contributed by atoms with Crippen LogP contribution in [0.15, 0.2) is 78.9 Å². The molecule has 1 unspecified atom stereocenters. The van der Waals surface area contributed by atoms with E-state index in [1.54, 1.807) is 0 Å². The first-order valence-electron chi connectivity index (χ1n) is 10.6. The normalized spacial score (nSPS) is 15.8. The Morgan fingerprint density at radius 2 is 1.55 bits per heavy atom. The number of hydrogen-bond acceptors (Lipinski definition) is 3. The summed E-state index contributed by atoms with van der Waals surface area (Å²) in [6.45, 7) is 2.54. The summed E-state index contributed by atoms with van der Waals surface area (Å²) in [5.74, 6) is -0.369. The van der Waals surface area contributed by atoms with Crippen molar-refractivity contribution in [1.29, 1.82) is 0 Å². The number of rotatable bonds is 5. The molecule has 0 saturated carbocycles. The van der Waals surface area contributed by atoms with Crippen molar-refractivity contribution in [1.82, 2.24) is 4.90 Å². The van der Waals surface area contributed by atoms with E-state index in [1.165, 1.54) is 12.1 Å². The Kier molecular flexibility index (Phi) is 6.91. The average molecular weight is 474 g/mol. The molecule has 4 nitrogen and oxygen atoms in total. The number of benzene rings is 3. The predicted octanol–water partition coefficient (Wildman–Crippen LogP) is 5.86. The van der Waals surface area contributed by atoms with Crippen molar-refractivity contribution < 1.29 is 18.0 Å². The number of hydrogen-bond donors (Lipinski definition) is 1. The molecule has 1 N–H and O–H groups in total. The zero-order valence-electron chi connectivity index (χ0n) is 17.7. The van der Waals surface area contributed by atoms with E-state index in [2.05, 4.69) is 10.2 Å². The van der Waals surface area contributed by atoms with Crippen molar-refractivity contribution in [3.63, 3.8) is 0 Å². The highest BCUT2D eigenvalue weighted by Crippen LogP contribution is 2.32. The summed E-state index contributed by atoms with van der Waals surface area (Å²) in [5.41, 5.74) is 1.05. The van der Waals surface area contributed by atoms with Gasteiger partial charge in [0.2, 0.25) is 5.91 Å². The van der Waals surface area contributed by atoms with Crippen LogP contribution in [0.2, 0.25) is 5.02 Å². The number of amides is 1. The highest BCUT2D eigenvalue weighted by molar-refractivity contribution is 6.33. The lowest BCUT2D eigenvalue weighted by molar-refractivity contribution is -0.137. The molecular weight excluding hydrogens is 451 g/mol. The Bertz CT molecular complexity index is 1100. The average Bonchev–Trinajstić information content (AvgIpc) is 2.80. The zero-order chi connectivity index (χ0) is 23.4. The van der Waals surface area contributed by atoms with Crippen molar-refractivity contribution in [3.8, 4) is 0 Å². The minimum Gasteiger partial charge on any atom is -0.368 e. The third-order valence-electron chi connectivity index (χ3n) is 5.69. The molecule has 4 rings (SSSR count). The summed E-state index contributed by atoms with van der Waals surface area (Å²) in [5, 5.41) is 3.36. The standard InChI is InChI=1S/C25H23ClF3N3O/c26-21-11-4-5-12-22(21)31-13-15-32(16-14-31)23(18-7-2-1-3-8-18)24(33)30-20-10-6-9-19(17-20)25(27,28)29/h1-12,17,23H,13-16H2,(H,30,33). The number of nitrogens with zero attached hydrogens (tertiary/aromatic N) is 2. The van der Waals surface area contributed by atoms with Gasteiger partial charge in [-0.3, -0.25) is 9.69 Å². The van der Waals surface area contributed by atoms with Crippen LogP contribution < -0.4 is 10.2 Å². The quantitative estimate of drug-likeness (QED) is 0.504. The van der Waals surface area contributed by atoms with Crippen LogP contribution in [0.5, 0.6) is 0 Å². The van der Waals surface area contributed by atoms with Crippen molar-refractivity contribution in [2.75, 3.05) is 36.4 Å². The summed E-state index contributed by atoms with van der Waals surface area (Å²) in [6, 6.07) is 21.0. The lowest BCUT2D eigenvalue weighted by Crippen LogP contribution is -2.50. The van der Waals surface area contributed by atoms with Gasteiger partial charge in [0.15, 0.2) is 0 Å². The van der Waals surface area contributed by atoms with Crippen LogP contribution in [0.3, 0.4) is 0 Å². The van der Waals surface area contributed by atoms with E-state index >= 15 is 0 Å². The zero-order valence-corrected chi connectivity index (χ0v) is 18.5. The SMILES string of the molecule is O=C(Nc1cccc(C(F)(F)F)c1)C(c1ccccc1)N1CCN(c2ccccc2Cl)CC1. The van der Waals surface area contributed by atoms with Crippen molar-refractivity contribution in [2.45, 2.75) is 12.2 Å². The van der Waals surface area contributed by atoms with Crippen LogP contribution in [0.1, 0.15) is 17.2 Å². The molecule has 1 aliphatic rings. The van der Waals surface area contributed by atoms with Gasteiger partial charge in [0.1, 0.15) is 6.04 Å². The highest BCUT2D eigenvalue weighted by Gasteiger charge is 2.33. The first-order chi connectivity index (χ1) is 15.8. The lowest BCUT2D eigenvalue weighted by Gasteiger charge is -2.40. The molecule has 3 aromatic rings. The second-order valence-electron chi connectivity index (χ2n) is 7.86. The molecule has 0 aromatic heterocycles. The van der Waals surface area contributed by atoms with Gasteiger partial charge in [0.25, 0.3) is 0 Å². The molecule has 1 atom stereocenters. The molecule has 1 amide bonds. The van der Waals surface area contributed by atoms with Crippen LogP contribution in [-0.4, -0.2) is 37.0 Å². The van der Waals surface area contributed by atoms with E-state index in [0.717, 1.165) is 23.4 Å². The molecular formula is C25H23ClF3N3O. The van der Waals surface area contributed by atoms with E-state index < -0.39 is 17.8 Å². The highest BCUT2D eigenvalue weighted by atomic mass is 35.5. The molecule has 1 fully saturated rings. The van der Waals surface area contributed by atoms with Crippen molar-refractivity contribution >= 4 is 28.9 Å². The first-order valence-corrected chi connectivity index (χ1v) is 11.0. The number of anilines is 2. The number of halogens is 4.